The van der Waals surface area contributed by atoms with Crippen LogP contribution >= 0.6 is 11.8 Å². The molecule has 0 spiro atoms. The predicted octanol–water partition coefficient (Wildman–Crippen LogP) is 0.911. The number of ether oxygens (including phenoxy) is 2. The van der Waals surface area contributed by atoms with Crippen LogP contribution in [-0.2, 0) is 35.1 Å². The Morgan fingerprint density at radius 3 is 2.41 bits per heavy atom. The number of aromatic nitrogens is 1. The lowest BCUT2D eigenvalue weighted by Crippen LogP contribution is -2.58. The number of epoxide rings is 1. The fourth-order valence-electron chi connectivity index (χ4n) is 3.72. The number of aldehydes is 1. The number of amides is 2. The largest absolute Gasteiger partial charge is 0.371 e. The molecule has 1 aliphatic heterocycles. The Labute approximate surface area is 219 Å². The molecule has 12 heteroatoms. The van der Waals surface area contributed by atoms with Crippen molar-refractivity contribution in [2.45, 2.75) is 50.1 Å². The maximum atomic E-state index is 13.3. The molecule has 200 valence electrons. The van der Waals surface area contributed by atoms with Gasteiger partial charge in [0.15, 0.2) is 17.9 Å². The van der Waals surface area contributed by atoms with Crippen LogP contribution in [0.25, 0.3) is 0 Å². The summed E-state index contributed by atoms with van der Waals surface area (Å²) >= 11 is 1.34. The van der Waals surface area contributed by atoms with Crippen molar-refractivity contribution < 1.29 is 33.2 Å². The molecule has 2 amide bonds. The number of benzene rings is 1. The molecule has 1 aliphatic rings. The molecule has 11 nitrogen and oxygen atoms in total. The lowest BCUT2D eigenvalue weighted by molar-refractivity contribution is -0.134. The first-order chi connectivity index (χ1) is 17.7. The van der Waals surface area contributed by atoms with Crippen molar-refractivity contribution in [3.05, 3.63) is 47.7 Å². The Morgan fingerprint density at radius 2 is 1.86 bits per heavy atom. The zero-order valence-electron chi connectivity index (χ0n) is 21.2. The molecular weight excluding hydrogens is 500 g/mol. The second-order valence-corrected chi connectivity index (χ2v) is 9.84. The van der Waals surface area contributed by atoms with Crippen LogP contribution in [0, 0.1) is 6.92 Å². The van der Waals surface area contributed by atoms with Crippen LogP contribution in [0.1, 0.15) is 18.2 Å². The zero-order valence-corrected chi connectivity index (χ0v) is 22.0. The maximum absolute atomic E-state index is 13.3. The van der Waals surface area contributed by atoms with E-state index in [1.807, 2.05) is 30.3 Å². The zero-order chi connectivity index (χ0) is 27.0. The highest BCUT2D eigenvalue weighted by Crippen LogP contribution is 2.29. The van der Waals surface area contributed by atoms with E-state index in [1.165, 1.54) is 18.9 Å². The van der Waals surface area contributed by atoms with Crippen LogP contribution in [0.5, 0.6) is 0 Å². The average molecular weight is 533 g/mol. The first-order valence-corrected chi connectivity index (χ1v) is 13.1. The number of hydrogen-bond donors (Lipinski definition) is 3. The van der Waals surface area contributed by atoms with Gasteiger partial charge in [0.1, 0.15) is 29.5 Å². The number of ketones is 1. The lowest BCUT2D eigenvalue weighted by atomic mass is 9.94. The van der Waals surface area contributed by atoms with Gasteiger partial charge in [-0.05, 0) is 32.1 Å². The minimum Gasteiger partial charge on any atom is -0.371 e. The van der Waals surface area contributed by atoms with E-state index in [2.05, 4.69) is 21.1 Å². The Morgan fingerprint density at radius 1 is 1.19 bits per heavy atom. The first kappa shape index (κ1) is 28.4. The number of methoxy groups -OCH3 is 1. The van der Waals surface area contributed by atoms with Gasteiger partial charge in [0.05, 0.1) is 12.6 Å². The summed E-state index contributed by atoms with van der Waals surface area (Å²) in [5, 5.41) is 12.1. The van der Waals surface area contributed by atoms with Crippen molar-refractivity contribution in [2.24, 2.45) is 0 Å². The minimum absolute atomic E-state index is 0.228. The molecule has 0 aliphatic carbocycles. The molecule has 2 heterocycles. The third kappa shape index (κ3) is 7.63. The minimum atomic E-state index is -1.19. The maximum Gasteiger partial charge on any atom is 0.246 e. The van der Waals surface area contributed by atoms with Gasteiger partial charge < -0.3 is 34.7 Å². The standard InChI is InChI=1S/C25H32N4O7S/c1-15-10-20(29-36-15)28-21(19(12-30)34-3)24(33)27-18(13-37-4)23(32)26-17(22(31)25(2)14-35-25)11-16-8-6-5-7-9-16/h5-10,12,17-19,21H,11,13-14H2,1-4H3,(H,26,32)(H,27,33)(H,28,29)/t17-,18-,19?,21-,25?/m0/s1. The highest BCUT2D eigenvalue weighted by atomic mass is 32.2. The van der Waals surface area contributed by atoms with Crippen LogP contribution in [0.15, 0.2) is 40.9 Å². The highest BCUT2D eigenvalue weighted by molar-refractivity contribution is 7.98. The van der Waals surface area contributed by atoms with Crippen LogP contribution in [-0.4, -0.2) is 84.6 Å². The smallest absolute Gasteiger partial charge is 0.246 e. The summed E-state index contributed by atoms with van der Waals surface area (Å²) in [6.07, 6.45) is 1.39. The van der Waals surface area contributed by atoms with Gasteiger partial charge in [0.25, 0.3) is 0 Å². The molecule has 37 heavy (non-hydrogen) atoms. The number of carbonyl (C=O) groups excluding carboxylic acids is 4. The summed E-state index contributed by atoms with van der Waals surface area (Å²) in [4.78, 5) is 51.3. The van der Waals surface area contributed by atoms with Gasteiger partial charge in [-0.25, -0.2) is 0 Å². The molecule has 1 fully saturated rings. The normalized spacial score (nSPS) is 19.7. The van der Waals surface area contributed by atoms with Crippen LogP contribution < -0.4 is 16.0 Å². The van der Waals surface area contributed by atoms with Crippen LogP contribution in [0.3, 0.4) is 0 Å². The van der Waals surface area contributed by atoms with Gasteiger partial charge in [-0.3, -0.25) is 14.4 Å². The molecule has 0 radical (unpaired) electrons. The molecule has 2 unspecified atom stereocenters. The molecule has 0 saturated carbocycles. The Kier molecular flexibility index (Phi) is 9.84. The monoisotopic (exact) mass is 532 g/mol. The number of thioether (sulfide) groups is 1. The molecule has 1 aromatic carbocycles. The number of aryl methyl sites for hydroxylation is 1. The van der Waals surface area contributed by atoms with Crippen LogP contribution in [0.2, 0.25) is 0 Å². The summed E-state index contributed by atoms with van der Waals surface area (Å²) < 4.78 is 15.5. The predicted molar refractivity (Wildman–Crippen MR) is 137 cm³/mol. The Balaban J connectivity index is 1.76. The second-order valence-electron chi connectivity index (χ2n) is 8.93. The lowest BCUT2D eigenvalue weighted by Gasteiger charge is -2.27. The molecule has 2 aromatic rings. The fraction of sp³-hybridized carbons (Fsp3) is 0.480. The number of carbonyl (C=O) groups is 4. The second kappa shape index (κ2) is 12.8. The first-order valence-electron chi connectivity index (χ1n) is 11.7. The van der Waals surface area contributed by atoms with Gasteiger partial charge in [0, 0.05) is 18.9 Å². The third-order valence-corrected chi connectivity index (χ3v) is 6.60. The van der Waals surface area contributed by atoms with E-state index in [9.17, 15) is 19.2 Å². The Bertz CT molecular complexity index is 1090. The molecule has 0 bridgehead atoms. The topological polar surface area (TPSA) is 152 Å². The fourth-order valence-corrected chi connectivity index (χ4v) is 4.29. The van der Waals surface area contributed by atoms with E-state index in [0.29, 0.717) is 12.0 Å². The summed E-state index contributed by atoms with van der Waals surface area (Å²) in [6.45, 7) is 3.66. The van der Waals surface area contributed by atoms with Crippen molar-refractivity contribution in [3.8, 4) is 0 Å². The van der Waals surface area contributed by atoms with Crippen LogP contribution in [0.4, 0.5) is 5.82 Å². The van der Waals surface area contributed by atoms with Crippen molar-refractivity contribution in [1.82, 2.24) is 15.8 Å². The van der Waals surface area contributed by atoms with E-state index < -0.39 is 41.6 Å². The number of Topliss-reactive ketones (excluding diaryl/α,β-unsaturated/α-hetero) is 1. The molecule has 3 N–H and O–H groups in total. The molecule has 5 atom stereocenters. The van der Waals surface area contributed by atoms with Gasteiger partial charge in [-0.2, -0.15) is 11.8 Å². The molecule has 1 saturated heterocycles. The number of nitrogens with one attached hydrogen (secondary N) is 3. The van der Waals surface area contributed by atoms with E-state index in [-0.39, 0.29) is 30.4 Å². The van der Waals surface area contributed by atoms with Gasteiger partial charge >= 0.3 is 0 Å². The summed E-state index contributed by atoms with van der Waals surface area (Å²) in [7, 11) is 1.29. The van der Waals surface area contributed by atoms with Gasteiger partial charge in [-0.15, -0.1) is 0 Å². The third-order valence-electron chi connectivity index (χ3n) is 5.93. The quantitative estimate of drug-likeness (QED) is 0.223. The van der Waals surface area contributed by atoms with Gasteiger partial charge in [-0.1, -0.05) is 35.5 Å². The summed E-state index contributed by atoms with van der Waals surface area (Å²) in [5.41, 5.74) is -0.0670. The van der Waals surface area contributed by atoms with Crippen molar-refractivity contribution in [2.75, 3.05) is 31.0 Å². The van der Waals surface area contributed by atoms with E-state index >= 15 is 0 Å². The SMILES string of the molecule is COC(C=O)[C@H](Nc1cc(C)on1)C(=O)N[C@@H](CSC)C(=O)N[C@@H](Cc1ccccc1)C(=O)C1(C)CO1. The molecule has 1 aromatic heterocycles. The van der Waals surface area contributed by atoms with Gasteiger partial charge in [0.2, 0.25) is 11.8 Å². The average Bonchev–Trinajstić information content (AvgIpc) is 3.51. The van der Waals surface area contributed by atoms with Crippen molar-refractivity contribution >= 4 is 41.5 Å². The van der Waals surface area contributed by atoms with E-state index in [4.69, 9.17) is 14.0 Å². The van der Waals surface area contributed by atoms with E-state index in [1.54, 1.807) is 26.2 Å². The van der Waals surface area contributed by atoms with Crippen molar-refractivity contribution in [1.29, 1.82) is 0 Å². The highest BCUT2D eigenvalue weighted by Gasteiger charge is 2.50. The summed E-state index contributed by atoms with van der Waals surface area (Å²) in [6, 6.07) is 7.85. The molecular formula is C25H32N4O7S. The molecule has 3 rings (SSSR count). The van der Waals surface area contributed by atoms with Crippen molar-refractivity contribution in [3.63, 3.8) is 0 Å². The summed E-state index contributed by atoms with van der Waals surface area (Å²) in [5.74, 6) is -0.455. The number of rotatable bonds is 15. The number of hydrogen-bond acceptors (Lipinski definition) is 10. The van der Waals surface area contributed by atoms with E-state index in [0.717, 1.165) is 5.56 Å². The Hall–Kier alpha value is -3.22. The number of anilines is 1. The number of nitrogens with zero attached hydrogens (tertiary/aromatic N) is 1.